The van der Waals surface area contributed by atoms with Crippen LogP contribution < -0.4 is 10.2 Å². The molecule has 1 aliphatic heterocycles. The van der Waals surface area contributed by atoms with Gasteiger partial charge in [-0.25, -0.2) is 4.98 Å². The fourth-order valence-electron chi connectivity index (χ4n) is 3.80. The number of aryl methyl sites for hydroxylation is 2. The highest BCUT2D eigenvalue weighted by molar-refractivity contribution is 5.91. The van der Waals surface area contributed by atoms with Crippen LogP contribution in [0, 0.1) is 12.8 Å². The first-order chi connectivity index (χ1) is 13.1. The molecule has 0 aromatic carbocycles. The van der Waals surface area contributed by atoms with Crippen LogP contribution in [0.5, 0.6) is 0 Å². The number of amides is 1. The number of nitrogens with one attached hydrogen (secondary N) is 1. The largest absolute Gasteiger partial charge is 0.355 e. The van der Waals surface area contributed by atoms with Crippen molar-refractivity contribution in [3.05, 3.63) is 48.0 Å². The molecule has 27 heavy (non-hydrogen) atoms. The maximum atomic E-state index is 12.5. The maximum absolute atomic E-state index is 12.5. The van der Waals surface area contributed by atoms with Gasteiger partial charge in [-0.15, -0.1) is 0 Å². The average molecular weight is 364 g/mol. The Morgan fingerprint density at radius 2 is 1.93 bits per heavy atom. The average Bonchev–Trinajstić information content (AvgIpc) is 3.01. The number of fused-ring (bicyclic) bond motifs is 1. The molecule has 0 aliphatic carbocycles. The lowest BCUT2D eigenvalue weighted by molar-refractivity contribution is -0.125. The van der Waals surface area contributed by atoms with Gasteiger partial charge < -0.3 is 10.2 Å². The van der Waals surface area contributed by atoms with Gasteiger partial charge in [0.25, 0.3) is 0 Å². The summed E-state index contributed by atoms with van der Waals surface area (Å²) in [6.45, 7) is 4.22. The molecule has 3 aromatic rings. The molecule has 1 N–H and O–H groups in total. The van der Waals surface area contributed by atoms with E-state index >= 15 is 0 Å². The molecule has 0 atom stereocenters. The van der Waals surface area contributed by atoms with Crippen molar-refractivity contribution in [2.45, 2.75) is 26.3 Å². The van der Waals surface area contributed by atoms with E-state index < -0.39 is 0 Å². The van der Waals surface area contributed by atoms with Crippen LogP contribution in [0.4, 0.5) is 5.82 Å². The zero-order valence-electron chi connectivity index (χ0n) is 15.7. The number of rotatable bonds is 4. The first-order valence-electron chi connectivity index (χ1n) is 9.33. The molecule has 1 aliphatic rings. The highest BCUT2D eigenvalue weighted by Crippen LogP contribution is 2.29. The minimum Gasteiger partial charge on any atom is -0.355 e. The highest BCUT2D eigenvalue weighted by atomic mass is 16.1. The molecule has 140 valence electrons. The van der Waals surface area contributed by atoms with E-state index in [1.54, 1.807) is 12.4 Å². The SMILES string of the molecule is Cc1nn(C)c2c(N3CCC(C(=O)NCc4ccncc4)CC3)nccc12. The lowest BCUT2D eigenvalue weighted by Crippen LogP contribution is -2.40. The normalized spacial score (nSPS) is 15.3. The molecule has 0 spiro atoms. The van der Waals surface area contributed by atoms with E-state index in [4.69, 9.17) is 0 Å². The summed E-state index contributed by atoms with van der Waals surface area (Å²) < 4.78 is 1.90. The molecule has 0 saturated carbocycles. The van der Waals surface area contributed by atoms with Crippen LogP contribution in [0.2, 0.25) is 0 Å². The van der Waals surface area contributed by atoms with Gasteiger partial charge in [0.1, 0.15) is 5.52 Å². The lowest BCUT2D eigenvalue weighted by Gasteiger charge is -2.32. The zero-order valence-corrected chi connectivity index (χ0v) is 15.7. The van der Waals surface area contributed by atoms with Gasteiger partial charge in [-0.2, -0.15) is 5.10 Å². The second-order valence-electron chi connectivity index (χ2n) is 7.07. The number of carbonyl (C=O) groups excluding carboxylic acids is 1. The number of anilines is 1. The summed E-state index contributed by atoms with van der Waals surface area (Å²) in [5, 5.41) is 8.71. The third kappa shape index (κ3) is 3.49. The molecule has 3 aromatic heterocycles. The van der Waals surface area contributed by atoms with E-state index in [2.05, 4.69) is 25.3 Å². The Bertz CT molecular complexity index is 944. The fraction of sp³-hybridized carbons (Fsp3) is 0.400. The number of nitrogens with zero attached hydrogens (tertiary/aromatic N) is 5. The van der Waals surface area contributed by atoms with Crippen LogP contribution in [0.25, 0.3) is 10.9 Å². The first kappa shape index (κ1) is 17.5. The minimum atomic E-state index is 0.0514. The van der Waals surface area contributed by atoms with Gasteiger partial charge in [0.15, 0.2) is 5.82 Å². The molecule has 1 saturated heterocycles. The topological polar surface area (TPSA) is 75.9 Å². The maximum Gasteiger partial charge on any atom is 0.223 e. The van der Waals surface area contributed by atoms with Crippen molar-refractivity contribution in [2.75, 3.05) is 18.0 Å². The molecule has 4 rings (SSSR count). The Labute approximate surface area is 158 Å². The Hall–Kier alpha value is -2.96. The standard InChI is InChI=1S/C20H24N6O/c1-14-17-5-10-22-19(18(17)25(2)24-14)26-11-6-16(7-12-26)20(27)23-13-15-3-8-21-9-4-15/h3-5,8-10,16H,6-7,11-13H2,1-2H3,(H,23,27). The van der Waals surface area contributed by atoms with Gasteiger partial charge in [0.05, 0.1) is 5.69 Å². The molecule has 0 radical (unpaired) electrons. The van der Waals surface area contributed by atoms with Gasteiger partial charge >= 0.3 is 0 Å². The van der Waals surface area contributed by atoms with Crippen molar-refractivity contribution in [3.8, 4) is 0 Å². The molecule has 0 unspecified atom stereocenters. The summed E-state index contributed by atoms with van der Waals surface area (Å²) in [6, 6.07) is 5.86. The van der Waals surface area contributed by atoms with Crippen LogP contribution >= 0.6 is 0 Å². The Morgan fingerprint density at radius 1 is 1.19 bits per heavy atom. The van der Waals surface area contributed by atoms with Gasteiger partial charge in [-0.1, -0.05) is 0 Å². The number of piperidine rings is 1. The van der Waals surface area contributed by atoms with Crippen molar-refractivity contribution in [1.29, 1.82) is 0 Å². The van der Waals surface area contributed by atoms with E-state index in [1.165, 1.54) is 0 Å². The number of pyridine rings is 2. The van der Waals surface area contributed by atoms with Crippen LogP contribution in [0.15, 0.2) is 36.8 Å². The van der Waals surface area contributed by atoms with Gasteiger partial charge in [0, 0.05) is 56.6 Å². The van der Waals surface area contributed by atoms with Gasteiger partial charge in [0.2, 0.25) is 5.91 Å². The van der Waals surface area contributed by atoms with Crippen LogP contribution in [-0.4, -0.2) is 38.7 Å². The second kappa shape index (κ2) is 7.34. The van der Waals surface area contributed by atoms with Gasteiger partial charge in [-0.3, -0.25) is 14.5 Å². The summed E-state index contributed by atoms with van der Waals surface area (Å²) in [4.78, 5) is 23.4. The van der Waals surface area contributed by atoms with Crippen molar-refractivity contribution >= 4 is 22.6 Å². The first-order valence-corrected chi connectivity index (χ1v) is 9.33. The number of hydrogen-bond donors (Lipinski definition) is 1. The minimum absolute atomic E-state index is 0.0514. The second-order valence-corrected chi connectivity index (χ2v) is 7.07. The lowest BCUT2D eigenvalue weighted by atomic mass is 9.95. The van der Waals surface area contributed by atoms with Crippen molar-refractivity contribution in [2.24, 2.45) is 13.0 Å². The summed E-state index contributed by atoms with van der Waals surface area (Å²) in [7, 11) is 1.96. The number of aromatic nitrogens is 4. The van der Waals surface area contributed by atoms with E-state index in [1.807, 2.05) is 43.0 Å². The van der Waals surface area contributed by atoms with E-state index in [0.717, 1.165) is 53.9 Å². The van der Waals surface area contributed by atoms with Crippen molar-refractivity contribution in [1.82, 2.24) is 25.1 Å². The monoisotopic (exact) mass is 364 g/mol. The highest BCUT2D eigenvalue weighted by Gasteiger charge is 2.27. The molecule has 1 fully saturated rings. The molecular weight excluding hydrogens is 340 g/mol. The summed E-state index contributed by atoms with van der Waals surface area (Å²) in [6.07, 6.45) is 7.00. The van der Waals surface area contributed by atoms with Crippen molar-refractivity contribution in [3.63, 3.8) is 0 Å². The van der Waals surface area contributed by atoms with Gasteiger partial charge in [-0.05, 0) is 43.5 Å². The molecule has 0 bridgehead atoms. The smallest absolute Gasteiger partial charge is 0.223 e. The molecule has 7 nitrogen and oxygen atoms in total. The molecule has 1 amide bonds. The van der Waals surface area contributed by atoms with Crippen LogP contribution in [-0.2, 0) is 18.4 Å². The van der Waals surface area contributed by atoms with Crippen LogP contribution in [0.3, 0.4) is 0 Å². The fourth-order valence-corrected chi connectivity index (χ4v) is 3.80. The zero-order chi connectivity index (χ0) is 18.8. The summed E-state index contributed by atoms with van der Waals surface area (Å²) in [5.41, 5.74) is 3.15. The molecular formula is C20H24N6O. The quantitative estimate of drug-likeness (QED) is 0.768. The third-order valence-electron chi connectivity index (χ3n) is 5.30. The summed E-state index contributed by atoms with van der Waals surface area (Å²) >= 11 is 0. The predicted molar refractivity (Wildman–Crippen MR) is 104 cm³/mol. The number of hydrogen-bond acceptors (Lipinski definition) is 5. The van der Waals surface area contributed by atoms with Crippen molar-refractivity contribution < 1.29 is 4.79 Å². The third-order valence-corrected chi connectivity index (χ3v) is 5.30. The Morgan fingerprint density at radius 3 is 2.67 bits per heavy atom. The molecule has 4 heterocycles. The van der Waals surface area contributed by atoms with E-state index in [-0.39, 0.29) is 11.8 Å². The Kier molecular flexibility index (Phi) is 4.75. The predicted octanol–water partition coefficient (Wildman–Crippen LogP) is 2.20. The molecule has 7 heteroatoms. The summed E-state index contributed by atoms with van der Waals surface area (Å²) in [5.74, 6) is 1.15. The number of carbonyl (C=O) groups is 1. The van der Waals surface area contributed by atoms with Crippen LogP contribution in [0.1, 0.15) is 24.1 Å². The van der Waals surface area contributed by atoms with E-state index in [0.29, 0.717) is 6.54 Å². The Balaban J connectivity index is 1.40. The van der Waals surface area contributed by atoms with E-state index in [9.17, 15) is 4.79 Å².